The minimum atomic E-state index is -0.912. The zero-order chi connectivity index (χ0) is 13.7. The second-order valence-corrected chi connectivity index (χ2v) is 4.91. The van der Waals surface area contributed by atoms with Gasteiger partial charge in [-0.3, -0.25) is 9.59 Å². The number of aryl methyl sites for hydroxylation is 1. The van der Waals surface area contributed by atoms with Crippen LogP contribution in [0, 0.1) is 6.92 Å². The lowest BCUT2D eigenvalue weighted by molar-refractivity contribution is -0.137. The first-order valence-corrected chi connectivity index (χ1v) is 6.52. The molecule has 0 radical (unpaired) electrons. The predicted molar refractivity (Wildman–Crippen MR) is 72.7 cm³/mol. The van der Waals surface area contributed by atoms with E-state index in [-0.39, 0.29) is 18.4 Å². The molecule has 0 spiro atoms. The Morgan fingerprint density at radius 3 is 2.67 bits per heavy atom. The molecule has 0 bridgehead atoms. The summed E-state index contributed by atoms with van der Waals surface area (Å²) in [4.78, 5) is 22.7. The minimum Gasteiger partial charge on any atom is -0.481 e. The summed E-state index contributed by atoms with van der Waals surface area (Å²) in [7, 11) is 0. The lowest BCUT2D eigenvalue weighted by Crippen LogP contribution is -2.36. The number of carbonyl (C=O) groups is 2. The number of carboxylic acids is 1. The van der Waals surface area contributed by atoms with Crippen molar-refractivity contribution in [3.63, 3.8) is 0 Å². The van der Waals surface area contributed by atoms with Gasteiger partial charge in [0, 0.05) is 10.5 Å². The highest BCUT2D eigenvalue weighted by molar-refractivity contribution is 9.10. The fourth-order valence-electron chi connectivity index (χ4n) is 1.59. The van der Waals surface area contributed by atoms with E-state index >= 15 is 0 Å². The smallest absolute Gasteiger partial charge is 0.305 e. The van der Waals surface area contributed by atoms with E-state index in [4.69, 9.17) is 5.11 Å². The zero-order valence-electron chi connectivity index (χ0n) is 10.4. The summed E-state index contributed by atoms with van der Waals surface area (Å²) in [5.74, 6) is -1.16. The van der Waals surface area contributed by atoms with Gasteiger partial charge < -0.3 is 10.4 Å². The summed E-state index contributed by atoms with van der Waals surface area (Å²) in [6.45, 7) is 3.74. The van der Waals surface area contributed by atoms with Crippen molar-refractivity contribution in [1.29, 1.82) is 0 Å². The van der Waals surface area contributed by atoms with E-state index in [0.29, 0.717) is 12.0 Å². The van der Waals surface area contributed by atoms with Crippen LogP contribution in [0.2, 0.25) is 0 Å². The van der Waals surface area contributed by atoms with Crippen molar-refractivity contribution in [2.45, 2.75) is 32.7 Å². The fraction of sp³-hybridized carbons (Fsp3) is 0.385. The third-order valence-corrected chi connectivity index (χ3v) is 3.74. The van der Waals surface area contributed by atoms with Gasteiger partial charge in [0.15, 0.2) is 0 Å². The number of hydrogen-bond acceptors (Lipinski definition) is 2. The van der Waals surface area contributed by atoms with Gasteiger partial charge in [0.05, 0.1) is 12.0 Å². The van der Waals surface area contributed by atoms with Crippen molar-refractivity contribution in [3.05, 3.63) is 33.8 Å². The summed E-state index contributed by atoms with van der Waals surface area (Å²) < 4.78 is 0.743. The van der Waals surface area contributed by atoms with Gasteiger partial charge in [0.1, 0.15) is 0 Å². The number of halogens is 1. The monoisotopic (exact) mass is 313 g/mol. The molecule has 0 aliphatic heterocycles. The van der Waals surface area contributed by atoms with Gasteiger partial charge in [-0.25, -0.2) is 0 Å². The molecule has 1 amide bonds. The lowest BCUT2D eigenvalue weighted by atomic mass is 10.1. The van der Waals surface area contributed by atoms with Gasteiger partial charge in [0.2, 0.25) is 0 Å². The average Bonchev–Trinajstić information content (AvgIpc) is 2.31. The predicted octanol–water partition coefficient (Wildman–Crippen LogP) is 2.74. The normalized spacial score (nSPS) is 11.9. The molecule has 5 heteroatoms. The second-order valence-electron chi connectivity index (χ2n) is 4.11. The van der Waals surface area contributed by atoms with Crippen molar-refractivity contribution in [2.75, 3.05) is 0 Å². The number of nitrogens with one attached hydrogen (secondary N) is 1. The maximum atomic E-state index is 12.0. The molecule has 0 fully saturated rings. The molecule has 0 aliphatic carbocycles. The molecule has 0 aromatic heterocycles. The first-order chi connectivity index (χ1) is 8.45. The van der Waals surface area contributed by atoms with Crippen LogP contribution in [0.15, 0.2) is 22.7 Å². The number of rotatable bonds is 5. The third kappa shape index (κ3) is 3.84. The molecule has 0 aliphatic rings. The molecule has 18 heavy (non-hydrogen) atoms. The number of carboxylic acid groups (broad SMARTS) is 1. The van der Waals surface area contributed by atoms with Crippen LogP contribution in [0.5, 0.6) is 0 Å². The highest BCUT2D eigenvalue weighted by atomic mass is 79.9. The molecule has 98 valence electrons. The summed E-state index contributed by atoms with van der Waals surface area (Å²) in [6.07, 6.45) is 0.521. The van der Waals surface area contributed by atoms with Crippen LogP contribution in [0.25, 0.3) is 0 Å². The van der Waals surface area contributed by atoms with Crippen LogP contribution < -0.4 is 5.32 Å². The van der Waals surface area contributed by atoms with E-state index in [1.54, 1.807) is 12.1 Å². The topological polar surface area (TPSA) is 66.4 Å². The lowest BCUT2D eigenvalue weighted by Gasteiger charge is -2.15. The van der Waals surface area contributed by atoms with Crippen molar-refractivity contribution in [3.8, 4) is 0 Å². The van der Waals surface area contributed by atoms with Crippen molar-refractivity contribution < 1.29 is 14.7 Å². The Labute approximate surface area is 115 Å². The Hall–Kier alpha value is -1.36. The van der Waals surface area contributed by atoms with Crippen molar-refractivity contribution in [2.24, 2.45) is 0 Å². The summed E-state index contributed by atoms with van der Waals surface area (Å²) in [6, 6.07) is 5.06. The Morgan fingerprint density at radius 2 is 2.11 bits per heavy atom. The van der Waals surface area contributed by atoms with E-state index in [9.17, 15) is 9.59 Å². The summed E-state index contributed by atoms with van der Waals surface area (Å²) >= 11 is 3.37. The van der Waals surface area contributed by atoms with Crippen LogP contribution in [-0.2, 0) is 4.79 Å². The Morgan fingerprint density at radius 1 is 1.44 bits per heavy atom. The SMILES string of the molecule is CCC(CC(=O)O)NC(=O)c1cccc(C)c1Br. The molecule has 1 rings (SSSR count). The number of amides is 1. The van der Waals surface area contributed by atoms with E-state index < -0.39 is 5.97 Å². The van der Waals surface area contributed by atoms with E-state index in [1.165, 1.54) is 0 Å². The zero-order valence-corrected chi connectivity index (χ0v) is 12.0. The average molecular weight is 314 g/mol. The quantitative estimate of drug-likeness (QED) is 0.878. The molecule has 1 atom stereocenters. The van der Waals surface area contributed by atoms with Crippen LogP contribution in [-0.4, -0.2) is 23.0 Å². The number of carbonyl (C=O) groups excluding carboxylic acids is 1. The second kappa shape index (κ2) is 6.54. The van der Waals surface area contributed by atoms with Crippen LogP contribution >= 0.6 is 15.9 Å². The van der Waals surface area contributed by atoms with E-state index in [1.807, 2.05) is 19.9 Å². The molecule has 1 aromatic carbocycles. The maximum absolute atomic E-state index is 12.0. The molecule has 0 heterocycles. The van der Waals surface area contributed by atoms with Gasteiger partial charge in [-0.15, -0.1) is 0 Å². The standard InChI is InChI=1S/C13H16BrNO3/c1-3-9(7-11(16)17)15-13(18)10-6-4-5-8(2)12(10)14/h4-6,9H,3,7H2,1-2H3,(H,15,18)(H,16,17). The van der Waals surface area contributed by atoms with Crippen LogP contribution in [0.1, 0.15) is 35.7 Å². The highest BCUT2D eigenvalue weighted by Crippen LogP contribution is 2.21. The largest absolute Gasteiger partial charge is 0.481 e. The highest BCUT2D eigenvalue weighted by Gasteiger charge is 2.17. The summed E-state index contributed by atoms with van der Waals surface area (Å²) in [5, 5.41) is 11.5. The first-order valence-electron chi connectivity index (χ1n) is 5.73. The first kappa shape index (κ1) is 14.7. The van der Waals surface area contributed by atoms with Crippen LogP contribution in [0.4, 0.5) is 0 Å². The Bertz CT molecular complexity index is 460. The van der Waals surface area contributed by atoms with Crippen LogP contribution in [0.3, 0.4) is 0 Å². The fourth-order valence-corrected chi connectivity index (χ4v) is 2.04. The Balaban J connectivity index is 2.81. The molecule has 0 saturated carbocycles. The van der Waals surface area contributed by atoms with Gasteiger partial charge >= 0.3 is 5.97 Å². The van der Waals surface area contributed by atoms with E-state index in [2.05, 4.69) is 21.2 Å². The van der Waals surface area contributed by atoms with Gasteiger partial charge in [-0.1, -0.05) is 19.1 Å². The number of benzene rings is 1. The molecular formula is C13H16BrNO3. The van der Waals surface area contributed by atoms with Gasteiger partial charge in [0.25, 0.3) is 5.91 Å². The van der Waals surface area contributed by atoms with Gasteiger partial charge in [-0.2, -0.15) is 0 Å². The Kier molecular flexibility index (Phi) is 5.34. The molecule has 1 aromatic rings. The van der Waals surface area contributed by atoms with Crippen molar-refractivity contribution >= 4 is 27.8 Å². The molecule has 1 unspecified atom stereocenters. The summed E-state index contributed by atoms with van der Waals surface area (Å²) in [5.41, 5.74) is 1.49. The minimum absolute atomic E-state index is 0.0638. The third-order valence-electron chi connectivity index (χ3n) is 2.69. The molecular weight excluding hydrogens is 298 g/mol. The van der Waals surface area contributed by atoms with Gasteiger partial charge in [-0.05, 0) is 40.9 Å². The molecule has 4 nitrogen and oxygen atoms in total. The van der Waals surface area contributed by atoms with E-state index in [0.717, 1.165) is 10.0 Å². The molecule has 2 N–H and O–H groups in total. The number of aliphatic carboxylic acids is 1. The number of hydrogen-bond donors (Lipinski definition) is 2. The maximum Gasteiger partial charge on any atom is 0.305 e. The van der Waals surface area contributed by atoms with Crippen molar-refractivity contribution in [1.82, 2.24) is 5.32 Å². The molecule has 0 saturated heterocycles.